The van der Waals surface area contributed by atoms with Gasteiger partial charge < -0.3 is 16.0 Å². The van der Waals surface area contributed by atoms with Crippen molar-refractivity contribution in [2.75, 3.05) is 31.5 Å². The third kappa shape index (κ3) is 7.54. The van der Waals surface area contributed by atoms with Gasteiger partial charge in [-0.25, -0.2) is 4.98 Å². The number of carbonyl (C=O) groups is 1. The van der Waals surface area contributed by atoms with Crippen molar-refractivity contribution in [3.05, 3.63) is 23.9 Å². The SMILES string of the molecule is CCCNCCNCCC(=O)Nc1cc(C)ccn1. The van der Waals surface area contributed by atoms with E-state index in [0.29, 0.717) is 18.8 Å². The van der Waals surface area contributed by atoms with Crippen molar-refractivity contribution in [2.24, 2.45) is 0 Å². The fourth-order valence-electron chi connectivity index (χ4n) is 1.62. The summed E-state index contributed by atoms with van der Waals surface area (Å²) < 4.78 is 0. The average Bonchev–Trinajstić information content (AvgIpc) is 2.37. The van der Waals surface area contributed by atoms with Gasteiger partial charge >= 0.3 is 0 Å². The summed E-state index contributed by atoms with van der Waals surface area (Å²) in [7, 11) is 0. The molecule has 5 nitrogen and oxygen atoms in total. The molecule has 106 valence electrons. The highest BCUT2D eigenvalue weighted by molar-refractivity contribution is 5.89. The smallest absolute Gasteiger partial charge is 0.226 e. The van der Waals surface area contributed by atoms with Crippen LogP contribution in [0.25, 0.3) is 0 Å². The third-order valence-corrected chi connectivity index (χ3v) is 2.62. The largest absolute Gasteiger partial charge is 0.315 e. The summed E-state index contributed by atoms with van der Waals surface area (Å²) in [6.45, 7) is 7.67. The third-order valence-electron chi connectivity index (χ3n) is 2.62. The summed E-state index contributed by atoms with van der Waals surface area (Å²) >= 11 is 0. The van der Waals surface area contributed by atoms with E-state index in [0.717, 1.165) is 31.6 Å². The molecule has 0 bridgehead atoms. The Kier molecular flexibility index (Phi) is 7.77. The van der Waals surface area contributed by atoms with Gasteiger partial charge in [-0.05, 0) is 37.6 Å². The maximum Gasteiger partial charge on any atom is 0.226 e. The standard InChI is InChI=1S/C14H24N4O/c1-3-6-15-9-10-16-7-5-14(19)18-13-11-12(2)4-8-17-13/h4,8,11,15-16H,3,5-7,9-10H2,1-2H3,(H,17,18,19). The molecule has 19 heavy (non-hydrogen) atoms. The number of aromatic nitrogens is 1. The minimum atomic E-state index is -0.00730. The highest BCUT2D eigenvalue weighted by atomic mass is 16.1. The Morgan fingerprint density at radius 3 is 2.63 bits per heavy atom. The van der Waals surface area contributed by atoms with Crippen molar-refractivity contribution >= 4 is 11.7 Å². The zero-order valence-electron chi connectivity index (χ0n) is 11.8. The van der Waals surface area contributed by atoms with E-state index in [9.17, 15) is 4.79 Å². The molecule has 0 saturated heterocycles. The van der Waals surface area contributed by atoms with Crippen LogP contribution >= 0.6 is 0 Å². The van der Waals surface area contributed by atoms with Gasteiger partial charge in [0.05, 0.1) is 0 Å². The molecule has 0 saturated carbocycles. The van der Waals surface area contributed by atoms with E-state index < -0.39 is 0 Å². The molecule has 1 heterocycles. The Labute approximate surface area is 115 Å². The van der Waals surface area contributed by atoms with Crippen molar-refractivity contribution in [3.63, 3.8) is 0 Å². The molecular weight excluding hydrogens is 240 g/mol. The number of hydrogen-bond donors (Lipinski definition) is 3. The summed E-state index contributed by atoms with van der Waals surface area (Å²) in [4.78, 5) is 15.7. The van der Waals surface area contributed by atoms with Gasteiger partial charge in [0, 0.05) is 32.3 Å². The van der Waals surface area contributed by atoms with Crippen LogP contribution in [0.4, 0.5) is 5.82 Å². The van der Waals surface area contributed by atoms with Gasteiger partial charge in [0.15, 0.2) is 0 Å². The first-order valence-electron chi connectivity index (χ1n) is 6.86. The Morgan fingerprint density at radius 2 is 1.95 bits per heavy atom. The van der Waals surface area contributed by atoms with E-state index in [1.54, 1.807) is 6.20 Å². The molecule has 0 unspecified atom stereocenters. The Hall–Kier alpha value is -1.46. The molecule has 1 aromatic heterocycles. The monoisotopic (exact) mass is 264 g/mol. The molecule has 0 aliphatic rings. The number of rotatable bonds is 9. The molecule has 0 spiro atoms. The predicted octanol–water partition coefficient (Wildman–Crippen LogP) is 1.31. The van der Waals surface area contributed by atoms with Crippen LogP contribution in [-0.4, -0.2) is 37.1 Å². The topological polar surface area (TPSA) is 66.0 Å². The number of carbonyl (C=O) groups excluding carboxylic acids is 1. The zero-order valence-corrected chi connectivity index (χ0v) is 11.8. The van der Waals surface area contributed by atoms with Crippen molar-refractivity contribution in [1.29, 1.82) is 0 Å². The minimum absolute atomic E-state index is 0.00730. The molecule has 1 aromatic rings. The van der Waals surface area contributed by atoms with Gasteiger partial charge in [0.1, 0.15) is 5.82 Å². The number of amides is 1. The van der Waals surface area contributed by atoms with Gasteiger partial charge in [-0.3, -0.25) is 4.79 Å². The van der Waals surface area contributed by atoms with E-state index in [1.807, 2.05) is 19.1 Å². The molecule has 0 aliphatic heterocycles. The fraction of sp³-hybridized carbons (Fsp3) is 0.571. The molecular formula is C14H24N4O. The van der Waals surface area contributed by atoms with E-state index in [1.165, 1.54) is 0 Å². The maximum atomic E-state index is 11.7. The number of nitrogens with one attached hydrogen (secondary N) is 3. The molecule has 1 rings (SSSR count). The van der Waals surface area contributed by atoms with Crippen LogP contribution in [0.1, 0.15) is 25.3 Å². The molecule has 5 heteroatoms. The van der Waals surface area contributed by atoms with Crippen molar-refractivity contribution in [3.8, 4) is 0 Å². The van der Waals surface area contributed by atoms with Crippen LogP contribution < -0.4 is 16.0 Å². The second kappa shape index (κ2) is 9.47. The number of hydrogen-bond acceptors (Lipinski definition) is 4. The van der Waals surface area contributed by atoms with Crippen molar-refractivity contribution in [2.45, 2.75) is 26.7 Å². The number of aryl methyl sites for hydroxylation is 1. The Bertz CT molecular complexity index is 381. The lowest BCUT2D eigenvalue weighted by molar-refractivity contribution is -0.116. The van der Waals surface area contributed by atoms with Gasteiger partial charge in [-0.1, -0.05) is 6.92 Å². The van der Waals surface area contributed by atoms with Crippen LogP contribution in [0, 0.1) is 6.92 Å². The first kappa shape index (κ1) is 15.6. The van der Waals surface area contributed by atoms with Gasteiger partial charge in [-0.15, -0.1) is 0 Å². The Morgan fingerprint density at radius 1 is 1.21 bits per heavy atom. The molecule has 0 aromatic carbocycles. The second-order valence-corrected chi connectivity index (χ2v) is 4.52. The highest BCUT2D eigenvalue weighted by Gasteiger charge is 2.02. The summed E-state index contributed by atoms with van der Waals surface area (Å²) in [5.41, 5.74) is 1.09. The van der Waals surface area contributed by atoms with E-state index >= 15 is 0 Å². The van der Waals surface area contributed by atoms with Crippen LogP contribution in [0.3, 0.4) is 0 Å². The van der Waals surface area contributed by atoms with E-state index in [2.05, 4.69) is 27.9 Å². The molecule has 0 fully saturated rings. The fourth-order valence-corrected chi connectivity index (χ4v) is 1.62. The first-order chi connectivity index (χ1) is 9.22. The van der Waals surface area contributed by atoms with E-state index in [-0.39, 0.29) is 5.91 Å². The molecule has 0 aliphatic carbocycles. The number of nitrogens with zero attached hydrogens (tertiary/aromatic N) is 1. The van der Waals surface area contributed by atoms with E-state index in [4.69, 9.17) is 0 Å². The summed E-state index contributed by atoms with van der Waals surface area (Å²) in [6, 6.07) is 3.76. The molecule has 1 amide bonds. The van der Waals surface area contributed by atoms with Crippen LogP contribution in [0.5, 0.6) is 0 Å². The highest BCUT2D eigenvalue weighted by Crippen LogP contribution is 2.05. The predicted molar refractivity (Wildman–Crippen MR) is 78.3 cm³/mol. The summed E-state index contributed by atoms with van der Waals surface area (Å²) in [5, 5.41) is 9.31. The number of anilines is 1. The molecule has 0 radical (unpaired) electrons. The van der Waals surface area contributed by atoms with Gasteiger partial charge in [0.2, 0.25) is 5.91 Å². The Balaban J connectivity index is 2.08. The molecule has 0 atom stereocenters. The van der Waals surface area contributed by atoms with Crippen LogP contribution in [0.2, 0.25) is 0 Å². The maximum absolute atomic E-state index is 11.7. The van der Waals surface area contributed by atoms with Crippen LogP contribution in [-0.2, 0) is 4.79 Å². The van der Waals surface area contributed by atoms with Crippen LogP contribution in [0.15, 0.2) is 18.3 Å². The lowest BCUT2D eigenvalue weighted by Gasteiger charge is -2.07. The summed E-state index contributed by atoms with van der Waals surface area (Å²) in [5.74, 6) is 0.613. The molecule has 3 N–H and O–H groups in total. The average molecular weight is 264 g/mol. The van der Waals surface area contributed by atoms with Gasteiger partial charge in [0.25, 0.3) is 0 Å². The zero-order chi connectivity index (χ0) is 13.9. The minimum Gasteiger partial charge on any atom is -0.315 e. The lowest BCUT2D eigenvalue weighted by Crippen LogP contribution is -2.30. The first-order valence-corrected chi connectivity index (χ1v) is 6.86. The second-order valence-electron chi connectivity index (χ2n) is 4.52. The lowest BCUT2D eigenvalue weighted by atomic mass is 10.3. The van der Waals surface area contributed by atoms with Crippen molar-refractivity contribution < 1.29 is 4.79 Å². The van der Waals surface area contributed by atoms with Gasteiger partial charge in [-0.2, -0.15) is 0 Å². The normalized spacial score (nSPS) is 10.4. The van der Waals surface area contributed by atoms with Crippen molar-refractivity contribution in [1.82, 2.24) is 15.6 Å². The quantitative estimate of drug-likeness (QED) is 0.588. The number of pyridine rings is 1. The summed E-state index contributed by atoms with van der Waals surface area (Å²) in [6.07, 6.45) is 3.30.